The van der Waals surface area contributed by atoms with E-state index >= 15 is 0 Å². The molecule has 254 valence electrons. The van der Waals surface area contributed by atoms with Gasteiger partial charge in [-0.2, -0.15) is 18.3 Å². The van der Waals surface area contributed by atoms with Crippen LogP contribution < -0.4 is 14.9 Å². The topological polar surface area (TPSA) is 159 Å². The standard InChI is InChI=1S/C30H35F3N6O4S.CH2O2/c1-3-38-18-22-9-10-44(42,43)37(2)25-12-23(13-26(38)28(22)25)29(41)36-24(11-20-7-5-4-6-8-20)27(40)16-34-14-21-15-35-39(17-21)19-30(31,32)33;2-1-3/h4-8,12-13,15,17-18,24,27,34,40H,3,9-11,14,16,19H2,1-2H3,(H,36,41);1H,(H,2,3)/t24-,27+;/m0./s1. The second kappa shape index (κ2) is 15.0. The van der Waals surface area contributed by atoms with Gasteiger partial charge in [0.15, 0.2) is 0 Å². The number of anilines is 1. The second-order valence-corrected chi connectivity index (χ2v) is 13.2. The van der Waals surface area contributed by atoms with Gasteiger partial charge in [-0.3, -0.25) is 18.6 Å². The summed E-state index contributed by atoms with van der Waals surface area (Å²) in [6, 6.07) is 11.9. The van der Waals surface area contributed by atoms with E-state index < -0.39 is 40.8 Å². The van der Waals surface area contributed by atoms with E-state index in [1.807, 2.05) is 48.0 Å². The molecule has 0 spiro atoms. The summed E-state index contributed by atoms with van der Waals surface area (Å²) in [6.07, 6.45) is -0.227. The number of aliphatic hydroxyl groups is 1. The van der Waals surface area contributed by atoms with Gasteiger partial charge < -0.3 is 25.4 Å². The summed E-state index contributed by atoms with van der Waals surface area (Å²) in [5.41, 5.74) is 3.74. The number of alkyl halides is 3. The smallest absolute Gasteiger partial charge is 0.408 e. The molecular weight excluding hydrogens is 641 g/mol. The van der Waals surface area contributed by atoms with Gasteiger partial charge in [-0.25, -0.2) is 8.42 Å². The normalized spacial score (nSPS) is 15.3. The average molecular weight is 679 g/mol. The molecule has 0 aliphatic carbocycles. The van der Waals surface area contributed by atoms with Gasteiger partial charge in [0.05, 0.1) is 35.3 Å². The lowest BCUT2D eigenvalue weighted by atomic mass is 10.00. The largest absolute Gasteiger partial charge is 0.483 e. The van der Waals surface area contributed by atoms with Crippen LogP contribution in [-0.4, -0.2) is 83.0 Å². The summed E-state index contributed by atoms with van der Waals surface area (Å²) < 4.78 is 67.8. The number of sulfonamides is 1. The number of aryl methyl sites for hydroxylation is 2. The zero-order chi connectivity index (χ0) is 34.4. The maximum Gasteiger partial charge on any atom is 0.408 e. The van der Waals surface area contributed by atoms with E-state index in [2.05, 4.69) is 15.7 Å². The first-order valence-corrected chi connectivity index (χ1v) is 16.4. The number of carbonyl (C=O) groups excluding carboxylic acids is 1. The summed E-state index contributed by atoms with van der Waals surface area (Å²) in [4.78, 5) is 22.1. The van der Waals surface area contributed by atoms with Gasteiger partial charge in [0, 0.05) is 55.6 Å². The van der Waals surface area contributed by atoms with Crippen molar-refractivity contribution in [2.75, 3.05) is 23.7 Å². The average Bonchev–Trinajstić information content (AvgIpc) is 3.59. The Morgan fingerprint density at radius 1 is 1.15 bits per heavy atom. The van der Waals surface area contributed by atoms with E-state index in [0.29, 0.717) is 30.6 Å². The molecule has 1 aliphatic heterocycles. The number of carbonyl (C=O) groups is 2. The van der Waals surface area contributed by atoms with Crippen molar-refractivity contribution in [3.63, 3.8) is 0 Å². The van der Waals surface area contributed by atoms with Crippen molar-refractivity contribution in [1.82, 2.24) is 25.0 Å². The van der Waals surface area contributed by atoms with Crippen LogP contribution in [0.25, 0.3) is 10.9 Å². The molecule has 0 radical (unpaired) electrons. The van der Waals surface area contributed by atoms with E-state index in [1.54, 1.807) is 12.1 Å². The van der Waals surface area contributed by atoms with Gasteiger partial charge in [0.1, 0.15) is 6.54 Å². The van der Waals surface area contributed by atoms with Gasteiger partial charge in [-0.05, 0) is 43.0 Å². The summed E-state index contributed by atoms with van der Waals surface area (Å²) in [6.45, 7) is 1.37. The number of hydrogen-bond donors (Lipinski definition) is 4. The Hall–Kier alpha value is -4.41. The maximum atomic E-state index is 13.7. The van der Waals surface area contributed by atoms with E-state index in [0.717, 1.165) is 26.7 Å². The molecule has 1 aliphatic rings. The number of benzene rings is 2. The number of nitrogens with one attached hydrogen (secondary N) is 2. The Bertz CT molecular complexity index is 1790. The molecule has 0 fully saturated rings. The number of aliphatic hydroxyl groups excluding tert-OH is 1. The predicted octanol–water partition coefficient (Wildman–Crippen LogP) is 2.93. The van der Waals surface area contributed by atoms with Crippen molar-refractivity contribution in [3.8, 4) is 0 Å². The van der Waals surface area contributed by atoms with E-state index in [-0.39, 0.29) is 30.9 Å². The third-order valence-electron chi connectivity index (χ3n) is 7.82. The van der Waals surface area contributed by atoms with Gasteiger partial charge in [-0.1, -0.05) is 30.3 Å². The molecule has 4 aromatic rings. The van der Waals surface area contributed by atoms with Crippen molar-refractivity contribution in [2.24, 2.45) is 0 Å². The van der Waals surface area contributed by atoms with Gasteiger partial charge in [-0.15, -0.1) is 0 Å². The minimum Gasteiger partial charge on any atom is -0.483 e. The monoisotopic (exact) mass is 678 g/mol. The van der Waals surface area contributed by atoms with Crippen LogP contribution in [0.2, 0.25) is 0 Å². The lowest BCUT2D eigenvalue weighted by Crippen LogP contribution is -2.48. The van der Waals surface area contributed by atoms with Crippen molar-refractivity contribution >= 4 is 39.0 Å². The summed E-state index contributed by atoms with van der Waals surface area (Å²) in [7, 11) is -2.09. The molecule has 12 nitrogen and oxygen atoms in total. The molecule has 2 aromatic heterocycles. The molecule has 4 N–H and O–H groups in total. The first kappa shape index (κ1) is 35.4. The van der Waals surface area contributed by atoms with Crippen LogP contribution in [0.5, 0.6) is 0 Å². The van der Waals surface area contributed by atoms with E-state index in [9.17, 15) is 31.5 Å². The molecule has 1 amide bonds. The highest BCUT2D eigenvalue weighted by Gasteiger charge is 2.30. The summed E-state index contributed by atoms with van der Waals surface area (Å²) in [5, 5.41) is 28.6. The number of aromatic nitrogens is 3. The van der Waals surface area contributed by atoms with Crippen LogP contribution in [0.15, 0.2) is 61.1 Å². The number of hydrogen-bond acceptors (Lipinski definition) is 7. The van der Waals surface area contributed by atoms with Gasteiger partial charge in [0.2, 0.25) is 10.0 Å². The van der Waals surface area contributed by atoms with Crippen LogP contribution in [0.1, 0.15) is 34.0 Å². The van der Waals surface area contributed by atoms with E-state index in [4.69, 9.17) is 9.90 Å². The Kier molecular flexibility index (Phi) is 11.3. The van der Waals surface area contributed by atoms with Gasteiger partial charge >= 0.3 is 6.18 Å². The molecule has 3 heterocycles. The predicted molar refractivity (Wildman–Crippen MR) is 170 cm³/mol. The van der Waals surface area contributed by atoms with Crippen LogP contribution in [0, 0.1) is 0 Å². The van der Waals surface area contributed by atoms with Crippen LogP contribution in [0.4, 0.5) is 18.9 Å². The minimum absolute atomic E-state index is 0.0372. The van der Waals surface area contributed by atoms with Crippen LogP contribution in [-0.2, 0) is 47.3 Å². The highest BCUT2D eigenvalue weighted by Crippen LogP contribution is 2.37. The summed E-state index contributed by atoms with van der Waals surface area (Å²) in [5.74, 6) is -0.513. The van der Waals surface area contributed by atoms with Crippen LogP contribution in [0.3, 0.4) is 0 Å². The van der Waals surface area contributed by atoms with Crippen molar-refractivity contribution in [1.29, 1.82) is 0 Å². The fourth-order valence-corrected chi connectivity index (χ4v) is 6.72. The molecule has 0 bridgehead atoms. The molecule has 2 aromatic carbocycles. The lowest BCUT2D eigenvalue weighted by molar-refractivity contribution is -0.142. The Morgan fingerprint density at radius 2 is 1.85 bits per heavy atom. The highest BCUT2D eigenvalue weighted by molar-refractivity contribution is 7.92. The molecule has 16 heteroatoms. The minimum atomic E-state index is -4.39. The molecule has 0 saturated carbocycles. The lowest BCUT2D eigenvalue weighted by Gasteiger charge is -2.25. The number of nitrogens with zero attached hydrogens (tertiary/aromatic N) is 4. The number of carboxylic acid groups (broad SMARTS) is 1. The molecule has 0 saturated heterocycles. The van der Waals surface area contributed by atoms with Crippen molar-refractivity contribution < 1.29 is 41.4 Å². The molecule has 5 rings (SSSR count). The number of halogens is 3. The number of rotatable bonds is 11. The molecule has 2 atom stereocenters. The third kappa shape index (κ3) is 8.90. The first-order chi connectivity index (χ1) is 22.3. The zero-order valence-electron chi connectivity index (χ0n) is 25.8. The fourth-order valence-electron chi connectivity index (χ4n) is 5.52. The third-order valence-corrected chi connectivity index (χ3v) is 9.57. The Labute approximate surface area is 269 Å². The van der Waals surface area contributed by atoms with Crippen molar-refractivity contribution in [3.05, 3.63) is 83.3 Å². The molecule has 0 unspecified atom stereocenters. The Morgan fingerprint density at radius 3 is 2.51 bits per heavy atom. The second-order valence-electron chi connectivity index (χ2n) is 11.1. The first-order valence-electron chi connectivity index (χ1n) is 14.8. The highest BCUT2D eigenvalue weighted by atomic mass is 32.2. The maximum absolute atomic E-state index is 13.7. The fraction of sp³-hybridized carbons (Fsp3) is 0.387. The Balaban J connectivity index is 0.00000160. The summed E-state index contributed by atoms with van der Waals surface area (Å²) >= 11 is 0. The van der Waals surface area contributed by atoms with Crippen LogP contribution >= 0.6 is 0 Å². The van der Waals surface area contributed by atoms with Crippen molar-refractivity contribution in [2.45, 2.75) is 57.7 Å². The van der Waals surface area contributed by atoms with Gasteiger partial charge in [0.25, 0.3) is 12.4 Å². The van der Waals surface area contributed by atoms with E-state index in [1.165, 1.54) is 23.7 Å². The molecule has 47 heavy (non-hydrogen) atoms. The quantitative estimate of drug-likeness (QED) is 0.176. The molecular formula is C31H37F3N6O6S. The zero-order valence-corrected chi connectivity index (χ0v) is 26.6. The SMILES string of the molecule is CCn1cc2c3c(cc(C(=O)N[C@@H](Cc4ccccc4)[C@H](O)CNCc4cnn(CC(F)(F)F)c4)cc31)N(C)S(=O)(=O)CC2.O=CO. The number of amides is 1.